The first kappa shape index (κ1) is 27.7. The lowest BCUT2D eigenvalue weighted by Gasteiger charge is -2.30. The fraction of sp³-hybridized carbons (Fsp3) is 0.500. The van der Waals surface area contributed by atoms with Crippen LogP contribution in [0.4, 0.5) is 4.11 Å². The van der Waals surface area contributed by atoms with E-state index >= 15 is 4.11 Å². The molecule has 5 rings (SSSR count). The third-order valence-corrected chi connectivity index (χ3v) is 11.1. The number of rotatable bonds is 8. The molecule has 3 heterocycles. The van der Waals surface area contributed by atoms with E-state index in [4.69, 9.17) is 4.74 Å². The van der Waals surface area contributed by atoms with Gasteiger partial charge in [-0.15, -0.1) is 0 Å². The quantitative estimate of drug-likeness (QED) is 0.326. The maximum atomic E-state index is 15.5. The minimum absolute atomic E-state index is 0.0151. The smallest absolute Gasteiger partial charge is 0.279 e. The standard InChI is InChI=1S/C30H38FN3O4Si/c1-20-26(38-27(29(20)39(2,3)31)17-28(36)33-16-6-8-24(33)19-35)15-12-21-10-13-23(14-11-21)34-30(37)25-9-5-4-7-22(25)18-32-34/h4-5,7,9-11,13-14,18,20,24,26-27,29,35H,6,8,12,15-17,19H2,1-3H3/t20-,24-,26+,27-,29+/m0/s1. The topological polar surface area (TPSA) is 84.7 Å². The number of amides is 1. The molecule has 7 nitrogen and oxygen atoms in total. The Hall–Kier alpha value is -2.88. The SMILES string of the molecule is C[C@@H]1[C@@H]([Si](C)(C)F)[C@H](CC(=O)N2CCC[C@H]2CO)O[C@@H]1CCc1ccc(-n2ncc3ccccc3c2=O)cc1. The zero-order valence-electron chi connectivity index (χ0n) is 22.9. The maximum absolute atomic E-state index is 15.5. The molecule has 3 aromatic rings. The minimum atomic E-state index is -3.09. The predicted octanol–water partition coefficient (Wildman–Crippen LogP) is 4.64. The van der Waals surface area contributed by atoms with Crippen molar-refractivity contribution < 1.29 is 18.7 Å². The Bertz CT molecular complexity index is 1370. The van der Waals surface area contributed by atoms with Crippen LogP contribution in [0.1, 0.15) is 38.2 Å². The Morgan fingerprint density at radius 1 is 1.15 bits per heavy atom. The van der Waals surface area contributed by atoms with Crippen LogP contribution >= 0.6 is 0 Å². The lowest BCUT2D eigenvalue weighted by Crippen LogP contribution is -2.42. The molecule has 0 bridgehead atoms. The number of carbonyl (C=O) groups is 1. The molecule has 1 aromatic heterocycles. The summed E-state index contributed by atoms with van der Waals surface area (Å²) >= 11 is 0. The molecule has 5 atom stereocenters. The highest BCUT2D eigenvalue weighted by atomic mass is 28.4. The number of carbonyl (C=O) groups excluding carboxylic acids is 1. The third kappa shape index (κ3) is 5.71. The monoisotopic (exact) mass is 551 g/mol. The van der Waals surface area contributed by atoms with Crippen LogP contribution in [0, 0.1) is 5.92 Å². The molecule has 9 heteroatoms. The molecule has 2 fully saturated rings. The molecule has 0 unspecified atom stereocenters. The van der Waals surface area contributed by atoms with Crippen LogP contribution in [0.5, 0.6) is 0 Å². The van der Waals surface area contributed by atoms with Crippen molar-refractivity contribution in [2.24, 2.45) is 5.92 Å². The Morgan fingerprint density at radius 3 is 2.62 bits per heavy atom. The van der Waals surface area contributed by atoms with Gasteiger partial charge >= 0.3 is 0 Å². The molecular weight excluding hydrogens is 513 g/mol. The van der Waals surface area contributed by atoms with Gasteiger partial charge in [0.25, 0.3) is 5.56 Å². The molecule has 0 aliphatic carbocycles. The van der Waals surface area contributed by atoms with Crippen molar-refractivity contribution >= 4 is 25.1 Å². The van der Waals surface area contributed by atoms with Gasteiger partial charge in [-0.3, -0.25) is 9.59 Å². The maximum Gasteiger partial charge on any atom is 0.279 e. The largest absolute Gasteiger partial charge is 0.394 e. The molecule has 0 spiro atoms. The van der Waals surface area contributed by atoms with Crippen molar-refractivity contribution in [3.63, 3.8) is 0 Å². The summed E-state index contributed by atoms with van der Waals surface area (Å²) in [5.41, 5.74) is 1.39. The van der Waals surface area contributed by atoms with Gasteiger partial charge in [-0.1, -0.05) is 37.3 Å². The van der Waals surface area contributed by atoms with E-state index in [0.717, 1.165) is 36.6 Å². The van der Waals surface area contributed by atoms with Crippen LogP contribution < -0.4 is 5.56 Å². The van der Waals surface area contributed by atoms with Gasteiger partial charge in [0.15, 0.2) is 0 Å². The van der Waals surface area contributed by atoms with Gasteiger partial charge in [0.1, 0.15) is 0 Å². The minimum Gasteiger partial charge on any atom is -0.394 e. The second kappa shape index (κ2) is 11.3. The fourth-order valence-electron chi connectivity index (χ4n) is 6.61. The van der Waals surface area contributed by atoms with Gasteiger partial charge in [-0.2, -0.15) is 9.78 Å². The van der Waals surface area contributed by atoms with Gasteiger partial charge in [-0.05, 0) is 68.5 Å². The van der Waals surface area contributed by atoms with E-state index < -0.39 is 14.5 Å². The molecular formula is C30H38FN3O4Si. The molecule has 1 amide bonds. The molecule has 0 saturated carbocycles. The molecule has 208 valence electrons. The summed E-state index contributed by atoms with van der Waals surface area (Å²) in [6.07, 6.45) is 4.47. The Balaban J connectivity index is 1.25. The lowest BCUT2D eigenvalue weighted by molar-refractivity contribution is -0.135. The number of aliphatic hydroxyl groups excluding tert-OH is 1. The zero-order valence-corrected chi connectivity index (χ0v) is 23.9. The number of hydrogen-bond acceptors (Lipinski definition) is 5. The first-order chi connectivity index (χ1) is 18.7. The zero-order chi connectivity index (χ0) is 27.7. The number of nitrogens with zero attached hydrogens (tertiary/aromatic N) is 3. The second-order valence-electron chi connectivity index (χ2n) is 11.6. The van der Waals surface area contributed by atoms with Crippen LogP contribution in [-0.4, -0.2) is 65.5 Å². The average molecular weight is 552 g/mol. The number of aryl methyl sites for hydroxylation is 1. The van der Waals surface area contributed by atoms with Crippen molar-refractivity contribution in [1.82, 2.24) is 14.7 Å². The van der Waals surface area contributed by atoms with Gasteiger partial charge in [0, 0.05) is 17.5 Å². The number of likely N-dealkylation sites (tertiary alicyclic amines) is 1. The first-order valence-corrected chi connectivity index (χ1v) is 16.9. The van der Waals surface area contributed by atoms with Crippen LogP contribution in [0.3, 0.4) is 0 Å². The number of aliphatic hydroxyl groups is 1. The Labute approximate surface area is 229 Å². The van der Waals surface area contributed by atoms with Crippen LogP contribution in [-0.2, 0) is 16.0 Å². The van der Waals surface area contributed by atoms with E-state index in [0.29, 0.717) is 17.6 Å². The van der Waals surface area contributed by atoms with Crippen molar-refractivity contribution in [1.29, 1.82) is 0 Å². The highest BCUT2D eigenvalue weighted by Gasteiger charge is 2.52. The Kier molecular flexibility index (Phi) is 8.03. The van der Waals surface area contributed by atoms with E-state index in [1.54, 1.807) is 30.3 Å². The Morgan fingerprint density at radius 2 is 1.90 bits per heavy atom. The summed E-state index contributed by atoms with van der Waals surface area (Å²) in [4.78, 5) is 27.7. The molecule has 2 aliphatic rings. The van der Waals surface area contributed by atoms with E-state index in [1.165, 1.54) is 4.68 Å². The van der Waals surface area contributed by atoms with E-state index in [2.05, 4.69) is 12.0 Å². The molecule has 2 aromatic carbocycles. The normalized spacial score (nSPS) is 25.5. The van der Waals surface area contributed by atoms with Crippen LogP contribution in [0.15, 0.2) is 59.5 Å². The van der Waals surface area contributed by atoms with Gasteiger partial charge in [0.2, 0.25) is 14.3 Å². The molecule has 39 heavy (non-hydrogen) atoms. The van der Waals surface area contributed by atoms with Gasteiger partial charge < -0.3 is 18.9 Å². The van der Waals surface area contributed by atoms with Crippen LogP contribution in [0.25, 0.3) is 16.5 Å². The summed E-state index contributed by atoms with van der Waals surface area (Å²) in [7, 11) is -3.09. The number of aromatic nitrogens is 2. The number of fused-ring (bicyclic) bond motifs is 1. The number of ether oxygens (including phenoxy) is 1. The van der Waals surface area contributed by atoms with E-state index in [9.17, 15) is 14.7 Å². The fourth-order valence-corrected chi connectivity index (χ4v) is 9.15. The van der Waals surface area contributed by atoms with E-state index in [1.807, 2.05) is 42.5 Å². The molecule has 2 aliphatic heterocycles. The van der Waals surface area contributed by atoms with Crippen LogP contribution in [0.2, 0.25) is 18.6 Å². The number of halogens is 1. The summed E-state index contributed by atoms with van der Waals surface area (Å²) < 4.78 is 23.3. The molecule has 2 saturated heterocycles. The average Bonchev–Trinajstić information content (AvgIpc) is 3.52. The first-order valence-electron chi connectivity index (χ1n) is 14.0. The molecule has 1 N–H and O–H groups in total. The van der Waals surface area contributed by atoms with E-state index in [-0.39, 0.29) is 48.1 Å². The predicted molar refractivity (Wildman–Crippen MR) is 152 cm³/mol. The number of benzene rings is 2. The third-order valence-electron chi connectivity index (χ3n) is 8.57. The highest BCUT2D eigenvalue weighted by molar-refractivity contribution is 6.72. The second-order valence-corrected chi connectivity index (χ2v) is 15.4. The van der Waals surface area contributed by atoms with Crippen molar-refractivity contribution in [2.75, 3.05) is 13.2 Å². The van der Waals surface area contributed by atoms with Crippen molar-refractivity contribution in [3.05, 3.63) is 70.6 Å². The summed E-state index contributed by atoms with van der Waals surface area (Å²) in [6, 6.07) is 15.1. The van der Waals surface area contributed by atoms with Gasteiger partial charge in [-0.25, -0.2) is 0 Å². The van der Waals surface area contributed by atoms with Crippen molar-refractivity contribution in [2.45, 2.75) is 75.9 Å². The summed E-state index contributed by atoms with van der Waals surface area (Å²) in [6.45, 7) is 6.10. The molecule has 0 radical (unpaired) electrons. The highest BCUT2D eigenvalue weighted by Crippen LogP contribution is 2.47. The summed E-state index contributed by atoms with van der Waals surface area (Å²) in [5, 5.41) is 15.4. The van der Waals surface area contributed by atoms with Gasteiger partial charge in [0.05, 0.1) is 48.5 Å². The van der Waals surface area contributed by atoms with Crippen molar-refractivity contribution in [3.8, 4) is 5.69 Å². The summed E-state index contributed by atoms with van der Waals surface area (Å²) in [5.74, 6) is -0.0258. The number of hydrogen-bond donors (Lipinski definition) is 1. The lowest BCUT2D eigenvalue weighted by atomic mass is 9.95.